The molecule has 0 radical (unpaired) electrons. The maximum atomic E-state index is 12.3. The van der Waals surface area contributed by atoms with Crippen LogP contribution in [0.3, 0.4) is 0 Å². The molecule has 3 heterocycles. The Morgan fingerprint density at radius 2 is 2.26 bits per heavy atom. The minimum Gasteiger partial charge on any atom is -0.387 e. The van der Waals surface area contributed by atoms with E-state index in [1.165, 1.54) is 23.1 Å². The second-order valence-corrected chi connectivity index (χ2v) is 8.58. The smallest absolute Gasteiger partial charge is 0.233 e. The van der Waals surface area contributed by atoms with Crippen LogP contribution in [0.25, 0.3) is 0 Å². The van der Waals surface area contributed by atoms with Gasteiger partial charge in [-0.2, -0.15) is 0 Å². The zero-order valence-corrected chi connectivity index (χ0v) is 14.9. The Morgan fingerprint density at radius 1 is 1.48 bits per heavy atom. The molecule has 124 valence electrons. The molecule has 23 heavy (non-hydrogen) atoms. The molecule has 1 saturated heterocycles. The van der Waals surface area contributed by atoms with Gasteiger partial charge in [0.1, 0.15) is 0 Å². The predicted molar refractivity (Wildman–Crippen MR) is 93.6 cm³/mol. The number of aliphatic hydroxyl groups excluding tert-OH is 1. The van der Waals surface area contributed by atoms with Crippen LogP contribution in [-0.4, -0.2) is 45.0 Å². The van der Waals surface area contributed by atoms with Gasteiger partial charge in [-0.3, -0.25) is 4.79 Å². The maximum absolute atomic E-state index is 12.3. The van der Waals surface area contributed by atoms with Gasteiger partial charge in [-0.15, -0.1) is 21.5 Å². The van der Waals surface area contributed by atoms with Crippen molar-refractivity contribution in [2.75, 3.05) is 24.6 Å². The Labute approximate surface area is 146 Å². The summed E-state index contributed by atoms with van der Waals surface area (Å²) in [5.74, 6) is 0.688. The van der Waals surface area contributed by atoms with Crippen LogP contribution < -0.4 is 5.73 Å². The molecular formula is C14H18N4O2S3. The van der Waals surface area contributed by atoms with Gasteiger partial charge < -0.3 is 15.7 Å². The number of nitrogens with zero attached hydrogens (tertiary/aromatic N) is 3. The van der Waals surface area contributed by atoms with E-state index in [2.05, 4.69) is 10.2 Å². The van der Waals surface area contributed by atoms with Gasteiger partial charge in [0.05, 0.1) is 11.9 Å². The van der Waals surface area contributed by atoms with E-state index >= 15 is 0 Å². The van der Waals surface area contributed by atoms with Crippen LogP contribution in [0, 0.1) is 5.92 Å². The first-order valence-electron chi connectivity index (χ1n) is 7.34. The molecule has 0 spiro atoms. The number of rotatable bonds is 5. The van der Waals surface area contributed by atoms with Gasteiger partial charge in [0, 0.05) is 18.0 Å². The first-order valence-corrected chi connectivity index (χ1v) is 10.0. The molecule has 3 N–H and O–H groups in total. The average Bonchev–Trinajstić information content (AvgIpc) is 3.24. The van der Waals surface area contributed by atoms with Gasteiger partial charge in [-0.05, 0) is 30.2 Å². The predicted octanol–water partition coefficient (Wildman–Crippen LogP) is 2.25. The maximum Gasteiger partial charge on any atom is 0.233 e. The van der Waals surface area contributed by atoms with Gasteiger partial charge in [0.2, 0.25) is 11.0 Å². The van der Waals surface area contributed by atoms with Crippen LogP contribution >= 0.6 is 34.4 Å². The van der Waals surface area contributed by atoms with E-state index in [-0.39, 0.29) is 11.8 Å². The number of likely N-dealkylation sites (tertiary alicyclic amines) is 1. The Hall–Kier alpha value is -1.16. The van der Waals surface area contributed by atoms with E-state index in [9.17, 15) is 9.90 Å². The van der Waals surface area contributed by atoms with Gasteiger partial charge in [-0.1, -0.05) is 29.2 Å². The summed E-state index contributed by atoms with van der Waals surface area (Å²) in [6.45, 7) is 1.40. The van der Waals surface area contributed by atoms with Crippen molar-refractivity contribution in [3.05, 3.63) is 22.4 Å². The number of nitrogens with two attached hydrogens (primary N) is 1. The van der Waals surface area contributed by atoms with E-state index in [1.54, 1.807) is 11.3 Å². The largest absolute Gasteiger partial charge is 0.387 e. The van der Waals surface area contributed by atoms with Crippen LogP contribution in [0.2, 0.25) is 0 Å². The van der Waals surface area contributed by atoms with Gasteiger partial charge in [0.25, 0.3) is 0 Å². The summed E-state index contributed by atoms with van der Waals surface area (Å²) >= 11 is 4.25. The van der Waals surface area contributed by atoms with Crippen molar-refractivity contribution in [1.82, 2.24) is 15.1 Å². The van der Waals surface area contributed by atoms with Crippen molar-refractivity contribution >= 4 is 45.5 Å². The Bertz CT molecular complexity index is 638. The molecule has 0 bridgehead atoms. The highest BCUT2D eigenvalue weighted by molar-refractivity contribution is 8.01. The fraction of sp³-hybridized carbons (Fsp3) is 0.500. The molecule has 0 aromatic carbocycles. The van der Waals surface area contributed by atoms with E-state index in [4.69, 9.17) is 5.73 Å². The van der Waals surface area contributed by atoms with Crippen LogP contribution in [0.4, 0.5) is 5.13 Å². The third-order valence-electron chi connectivity index (χ3n) is 3.91. The third-order valence-corrected chi connectivity index (χ3v) is 6.73. The molecule has 2 aromatic rings. The number of aliphatic hydroxyl groups is 1. The zero-order valence-electron chi connectivity index (χ0n) is 12.4. The zero-order chi connectivity index (χ0) is 16.2. The molecule has 6 nitrogen and oxygen atoms in total. The van der Waals surface area contributed by atoms with Crippen LogP contribution in [0.15, 0.2) is 21.9 Å². The third kappa shape index (κ3) is 4.23. The van der Waals surface area contributed by atoms with Crippen molar-refractivity contribution in [2.45, 2.75) is 23.3 Å². The molecule has 9 heteroatoms. The summed E-state index contributed by atoms with van der Waals surface area (Å²) in [5, 5.41) is 20.4. The number of amides is 1. The Morgan fingerprint density at radius 3 is 2.87 bits per heavy atom. The minimum atomic E-state index is -0.411. The van der Waals surface area contributed by atoms with E-state index in [0.717, 1.165) is 22.1 Å². The van der Waals surface area contributed by atoms with Crippen molar-refractivity contribution in [2.24, 2.45) is 5.92 Å². The molecule has 1 aliphatic rings. The summed E-state index contributed by atoms with van der Waals surface area (Å²) in [6, 6.07) is 3.93. The lowest BCUT2D eigenvalue weighted by Crippen LogP contribution is -2.40. The lowest BCUT2D eigenvalue weighted by atomic mass is 9.90. The van der Waals surface area contributed by atoms with Crippen molar-refractivity contribution in [3.8, 4) is 0 Å². The van der Waals surface area contributed by atoms with Crippen molar-refractivity contribution in [3.63, 3.8) is 0 Å². The molecule has 0 aliphatic carbocycles. The SMILES string of the molecule is Nc1nnc(SCC(=O)N2CCC(C(O)c3cccs3)CC2)s1. The highest BCUT2D eigenvalue weighted by atomic mass is 32.2. The summed E-state index contributed by atoms with van der Waals surface area (Å²) in [5.41, 5.74) is 5.52. The monoisotopic (exact) mass is 370 g/mol. The quantitative estimate of drug-likeness (QED) is 0.784. The number of thioether (sulfide) groups is 1. The molecule has 1 amide bonds. The summed E-state index contributed by atoms with van der Waals surface area (Å²) in [4.78, 5) is 15.1. The topological polar surface area (TPSA) is 92.3 Å². The highest BCUT2D eigenvalue weighted by Gasteiger charge is 2.28. The normalized spacial score (nSPS) is 17.3. The van der Waals surface area contributed by atoms with Crippen molar-refractivity contribution < 1.29 is 9.90 Å². The second kappa shape index (κ2) is 7.61. The number of carbonyl (C=O) groups is 1. The number of nitrogen functional groups attached to an aromatic ring is 1. The number of hydrogen-bond donors (Lipinski definition) is 2. The minimum absolute atomic E-state index is 0.104. The van der Waals surface area contributed by atoms with E-state index in [0.29, 0.717) is 24.0 Å². The first kappa shape index (κ1) is 16.7. The average molecular weight is 371 g/mol. The first-order chi connectivity index (χ1) is 11.1. The number of thiophene rings is 1. The van der Waals surface area contributed by atoms with E-state index < -0.39 is 6.10 Å². The molecule has 0 saturated carbocycles. The van der Waals surface area contributed by atoms with Crippen LogP contribution in [0.5, 0.6) is 0 Å². The van der Waals surface area contributed by atoms with Gasteiger partial charge in [0.15, 0.2) is 4.34 Å². The molecule has 2 aromatic heterocycles. The summed E-state index contributed by atoms with van der Waals surface area (Å²) in [7, 11) is 0. The molecule has 1 aliphatic heterocycles. The van der Waals surface area contributed by atoms with Crippen LogP contribution in [-0.2, 0) is 4.79 Å². The highest BCUT2D eigenvalue weighted by Crippen LogP contribution is 2.33. The number of hydrogen-bond acceptors (Lipinski definition) is 8. The number of aromatic nitrogens is 2. The standard InChI is InChI=1S/C14H18N4O2S3/c15-13-16-17-14(23-13)22-8-11(19)18-5-3-9(4-6-18)12(20)10-2-1-7-21-10/h1-2,7,9,12,20H,3-6,8H2,(H2,15,16). The molecule has 1 fully saturated rings. The Balaban J connectivity index is 1.45. The molecular weight excluding hydrogens is 352 g/mol. The fourth-order valence-corrected chi connectivity index (χ4v) is 4.99. The van der Waals surface area contributed by atoms with Gasteiger partial charge in [-0.25, -0.2) is 0 Å². The number of piperidine rings is 1. The second-order valence-electron chi connectivity index (χ2n) is 5.37. The molecule has 1 unspecified atom stereocenters. The molecule has 3 rings (SSSR count). The lowest BCUT2D eigenvalue weighted by Gasteiger charge is -2.34. The number of anilines is 1. The van der Waals surface area contributed by atoms with Crippen LogP contribution in [0.1, 0.15) is 23.8 Å². The summed E-state index contributed by atoms with van der Waals surface area (Å²) in [6.07, 6.45) is 1.26. The lowest BCUT2D eigenvalue weighted by molar-refractivity contribution is -0.130. The Kier molecular flexibility index (Phi) is 5.52. The molecule has 1 atom stereocenters. The fourth-order valence-electron chi connectivity index (χ4n) is 2.65. The van der Waals surface area contributed by atoms with E-state index in [1.807, 2.05) is 22.4 Å². The summed E-state index contributed by atoms with van der Waals surface area (Å²) < 4.78 is 0.721. The van der Waals surface area contributed by atoms with Crippen molar-refractivity contribution in [1.29, 1.82) is 0 Å². The number of carbonyl (C=O) groups excluding carboxylic acids is 1. The van der Waals surface area contributed by atoms with Gasteiger partial charge >= 0.3 is 0 Å².